The van der Waals surface area contributed by atoms with Crippen LogP contribution in [0.1, 0.15) is 13.8 Å². The molecular weight excluding hydrogens is 284 g/mol. The minimum Gasteiger partial charge on any atom is -0.467 e. The Morgan fingerprint density at radius 3 is 2.57 bits per heavy atom. The summed E-state index contributed by atoms with van der Waals surface area (Å²) < 4.78 is 19.6. The maximum atomic E-state index is 10.8. The number of carbonyl (C=O) groups excluding carboxylic acids is 1. The van der Waals surface area contributed by atoms with Crippen molar-refractivity contribution in [1.29, 1.82) is 0 Å². The average molecular weight is 304 g/mol. The van der Waals surface area contributed by atoms with Crippen molar-refractivity contribution in [2.24, 2.45) is 10.7 Å². The lowest BCUT2D eigenvalue weighted by atomic mass is 10.1. The van der Waals surface area contributed by atoms with Crippen molar-refractivity contribution in [3.05, 3.63) is 0 Å². The van der Waals surface area contributed by atoms with Gasteiger partial charge in [0.15, 0.2) is 17.9 Å². The molecule has 120 valence electrons. The third kappa shape index (κ3) is 2.95. The van der Waals surface area contributed by atoms with E-state index < -0.39 is 30.1 Å². The number of fused-ring (bicyclic) bond motifs is 1. The molecule has 6 atom stereocenters. The number of methoxy groups -OCH3 is 1. The minimum atomic E-state index is -0.857. The highest BCUT2D eigenvalue weighted by Crippen LogP contribution is 2.36. The number of ether oxygens (including phenoxy) is 4. The first-order valence-electron chi connectivity index (χ1n) is 6.54. The first kappa shape index (κ1) is 16.0. The summed E-state index contributed by atoms with van der Waals surface area (Å²) in [7, 11) is 1.36. The summed E-state index contributed by atoms with van der Waals surface area (Å²) in [6.07, 6.45) is -2.56. The van der Waals surface area contributed by atoms with E-state index in [1.54, 1.807) is 6.92 Å². The summed E-state index contributed by atoms with van der Waals surface area (Å²) in [6, 6.07) is 0.0282. The molecule has 0 spiro atoms. The lowest BCUT2D eigenvalue weighted by Crippen LogP contribution is -2.35. The van der Waals surface area contributed by atoms with Crippen LogP contribution in [0, 0.1) is 0 Å². The Labute approximate surface area is 121 Å². The number of aliphatic hydroxyl groups is 2. The van der Waals surface area contributed by atoms with Crippen molar-refractivity contribution in [2.75, 3.05) is 13.7 Å². The molecule has 9 heteroatoms. The molecule has 0 saturated carbocycles. The summed E-state index contributed by atoms with van der Waals surface area (Å²) >= 11 is 0. The van der Waals surface area contributed by atoms with E-state index in [0.29, 0.717) is 0 Å². The van der Waals surface area contributed by atoms with Crippen LogP contribution in [0.15, 0.2) is 4.99 Å². The molecule has 21 heavy (non-hydrogen) atoms. The molecule has 0 amide bonds. The molecule has 3 aliphatic rings. The molecule has 2 saturated heterocycles. The lowest BCUT2D eigenvalue weighted by Gasteiger charge is -2.13. The predicted molar refractivity (Wildman–Crippen MR) is 69.2 cm³/mol. The second kappa shape index (κ2) is 5.76. The third-order valence-electron chi connectivity index (χ3n) is 3.73. The molecular formula is C12H20N2O7. The Kier molecular flexibility index (Phi) is 4.38. The smallest absolute Gasteiger partial charge is 0.340 e. The van der Waals surface area contributed by atoms with E-state index in [1.807, 2.05) is 6.92 Å². The van der Waals surface area contributed by atoms with E-state index in [2.05, 4.69) is 9.73 Å². The summed E-state index contributed by atoms with van der Waals surface area (Å²) in [5.74, 6) is -0.282. The highest BCUT2D eigenvalue weighted by Gasteiger charge is 2.56. The minimum absolute atomic E-state index is 0.0185. The number of hydrogen-bond donors (Lipinski definition) is 3. The number of nitrogens with two attached hydrogens (primary N) is 1. The van der Waals surface area contributed by atoms with Gasteiger partial charge in [0, 0.05) is 0 Å². The molecule has 6 unspecified atom stereocenters. The SMILES string of the molecule is COC(=O)C1(C)OC1C.NC1=NC2OC(CO)C(O)C2O1. The second-order valence-electron chi connectivity index (χ2n) is 5.15. The highest BCUT2D eigenvalue weighted by molar-refractivity contribution is 5.82. The summed E-state index contributed by atoms with van der Waals surface area (Å²) in [4.78, 5) is 14.5. The van der Waals surface area contributed by atoms with Crippen LogP contribution in [0.25, 0.3) is 0 Å². The largest absolute Gasteiger partial charge is 0.467 e. The number of rotatable bonds is 2. The number of carbonyl (C=O) groups is 1. The fourth-order valence-electron chi connectivity index (χ4n) is 2.15. The van der Waals surface area contributed by atoms with Gasteiger partial charge in [0.25, 0.3) is 6.02 Å². The van der Waals surface area contributed by atoms with Crippen LogP contribution in [-0.2, 0) is 23.7 Å². The average Bonchev–Trinajstić information content (AvgIpc) is 2.79. The maximum absolute atomic E-state index is 10.8. The molecule has 0 aromatic heterocycles. The van der Waals surface area contributed by atoms with Gasteiger partial charge < -0.3 is 34.9 Å². The van der Waals surface area contributed by atoms with E-state index in [0.717, 1.165) is 0 Å². The fraction of sp³-hybridized carbons (Fsp3) is 0.833. The van der Waals surface area contributed by atoms with E-state index in [-0.39, 0.29) is 24.7 Å². The topological polar surface area (TPSA) is 136 Å². The monoisotopic (exact) mass is 304 g/mol. The molecule has 3 rings (SSSR count). The number of epoxide rings is 1. The van der Waals surface area contributed by atoms with Crippen molar-refractivity contribution in [1.82, 2.24) is 0 Å². The van der Waals surface area contributed by atoms with Crippen molar-refractivity contribution >= 4 is 12.0 Å². The van der Waals surface area contributed by atoms with Gasteiger partial charge >= 0.3 is 5.97 Å². The van der Waals surface area contributed by atoms with Gasteiger partial charge in [-0.15, -0.1) is 0 Å². The molecule has 0 bridgehead atoms. The quantitative estimate of drug-likeness (QED) is 0.398. The molecule has 9 nitrogen and oxygen atoms in total. The number of esters is 1. The maximum Gasteiger partial charge on any atom is 0.340 e. The Morgan fingerprint density at radius 1 is 1.57 bits per heavy atom. The standard InChI is InChI=1S/C6H10N2O4.C6H10O3/c7-6-8-5-4(12-6)3(10)2(1-9)11-5;1-4-6(2,9-4)5(7)8-3/h2-5,9-10H,1H2,(H2,7,8);4H,1-3H3. The summed E-state index contributed by atoms with van der Waals surface area (Å²) in [5.41, 5.74) is 4.60. The van der Waals surface area contributed by atoms with Crippen molar-refractivity contribution < 1.29 is 34.0 Å². The van der Waals surface area contributed by atoms with Gasteiger partial charge in [-0.25, -0.2) is 4.79 Å². The number of aliphatic hydroxyl groups excluding tert-OH is 2. The van der Waals surface area contributed by atoms with Gasteiger partial charge in [0.2, 0.25) is 0 Å². The van der Waals surface area contributed by atoms with Crippen molar-refractivity contribution in [3.63, 3.8) is 0 Å². The second-order valence-corrected chi connectivity index (χ2v) is 5.15. The first-order valence-corrected chi connectivity index (χ1v) is 6.54. The molecule has 0 radical (unpaired) electrons. The summed E-state index contributed by atoms with van der Waals surface area (Å²) in [5, 5.41) is 18.2. The summed E-state index contributed by atoms with van der Waals surface area (Å²) in [6.45, 7) is 3.33. The molecule has 3 aliphatic heterocycles. The number of aliphatic imine (C=N–C) groups is 1. The molecule has 2 fully saturated rings. The van der Waals surface area contributed by atoms with Gasteiger partial charge in [0.05, 0.1) is 19.8 Å². The predicted octanol–water partition coefficient (Wildman–Crippen LogP) is -1.89. The lowest BCUT2D eigenvalue weighted by molar-refractivity contribution is -0.146. The number of hydrogen-bond acceptors (Lipinski definition) is 9. The number of amidine groups is 1. The Bertz CT molecular complexity index is 443. The van der Waals surface area contributed by atoms with Gasteiger partial charge in [-0.05, 0) is 13.8 Å². The van der Waals surface area contributed by atoms with Crippen LogP contribution in [0.5, 0.6) is 0 Å². The fourth-order valence-corrected chi connectivity index (χ4v) is 2.15. The Hall–Kier alpha value is -1.42. The zero-order chi connectivity index (χ0) is 15.8. The van der Waals surface area contributed by atoms with Gasteiger partial charge in [-0.1, -0.05) is 0 Å². The molecule has 0 aromatic rings. The van der Waals surface area contributed by atoms with E-state index in [4.69, 9.17) is 25.1 Å². The molecule has 0 aromatic carbocycles. The van der Waals surface area contributed by atoms with Crippen LogP contribution >= 0.6 is 0 Å². The Balaban J connectivity index is 0.000000161. The molecule has 4 N–H and O–H groups in total. The third-order valence-corrected chi connectivity index (χ3v) is 3.73. The van der Waals surface area contributed by atoms with E-state index in [9.17, 15) is 9.90 Å². The van der Waals surface area contributed by atoms with Crippen LogP contribution in [0.3, 0.4) is 0 Å². The van der Waals surface area contributed by atoms with Crippen LogP contribution in [0.2, 0.25) is 0 Å². The van der Waals surface area contributed by atoms with Crippen LogP contribution in [0.4, 0.5) is 0 Å². The van der Waals surface area contributed by atoms with Crippen LogP contribution in [-0.4, -0.2) is 72.2 Å². The van der Waals surface area contributed by atoms with E-state index >= 15 is 0 Å². The Morgan fingerprint density at radius 2 is 2.19 bits per heavy atom. The van der Waals surface area contributed by atoms with Gasteiger partial charge in [0.1, 0.15) is 12.2 Å². The van der Waals surface area contributed by atoms with Gasteiger partial charge in [-0.2, -0.15) is 4.99 Å². The van der Waals surface area contributed by atoms with Crippen molar-refractivity contribution in [2.45, 2.75) is 50.1 Å². The molecule has 3 heterocycles. The van der Waals surface area contributed by atoms with E-state index in [1.165, 1.54) is 7.11 Å². The molecule has 0 aliphatic carbocycles. The normalized spacial score (nSPS) is 43.1. The zero-order valence-electron chi connectivity index (χ0n) is 12.1. The number of nitrogens with zero attached hydrogens (tertiary/aromatic N) is 1. The van der Waals surface area contributed by atoms with Gasteiger partial charge in [-0.3, -0.25) is 0 Å². The first-order chi connectivity index (χ1) is 9.83. The zero-order valence-corrected chi connectivity index (χ0v) is 12.1. The van der Waals surface area contributed by atoms with Crippen LogP contribution < -0.4 is 5.73 Å². The van der Waals surface area contributed by atoms with Crippen molar-refractivity contribution in [3.8, 4) is 0 Å². The highest BCUT2D eigenvalue weighted by atomic mass is 16.7.